The molecule has 0 aromatic heterocycles. The van der Waals surface area contributed by atoms with Crippen LogP contribution >= 0.6 is 9.24 Å². The van der Waals surface area contributed by atoms with E-state index in [1.807, 2.05) is 12.1 Å². The molecule has 0 radical (unpaired) electrons. The van der Waals surface area contributed by atoms with Gasteiger partial charge < -0.3 is 10.1 Å². The van der Waals surface area contributed by atoms with Crippen molar-refractivity contribution in [1.82, 2.24) is 0 Å². The van der Waals surface area contributed by atoms with Crippen molar-refractivity contribution in [3.63, 3.8) is 0 Å². The smallest absolute Gasteiger partial charge is 0.128 e. The Labute approximate surface area is 94.6 Å². The van der Waals surface area contributed by atoms with Gasteiger partial charge in [-0.25, -0.2) is 0 Å². The van der Waals surface area contributed by atoms with Crippen molar-refractivity contribution in [3.8, 4) is 5.75 Å². The van der Waals surface area contributed by atoms with E-state index < -0.39 is 0 Å². The minimum Gasteiger partial charge on any atom is -0.496 e. The molecule has 84 valence electrons. The van der Waals surface area contributed by atoms with Crippen LogP contribution < -0.4 is 15.4 Å². The lowest BCUT2D eigenvalue weighted by molar-refractivity contribution is 0.418. The maximum atomic E-state index is 5.26. The molecule has 1 unspecified atom stereocenters. The van der Waals surface area contributed by atoms with Crippen LogP contribution in [-0.4, -0.2) is 13.7 Å². The van der Waals surface area contributed by atoms with Crippen molar-refractivity contribution >= 4 is 20.2 Å². The van der Waals surface area contributed by atoms with E-state index in [1.54, 1.807) is 7.11 Å². The molecule has 1 atom stereocenters. The maximum absolute atomic E-state index is 5.26. The van der Waals surface area contributed by atoms with Gasteiger partial charge in [-0.1, -0.05) is 36.1 Å². The van der Waals surface area contributed by atoms with Gasteiger partial charge in [-0.15, -0.1) is 0 Å². The first-order chi connectivity index (χ1) is 6.94. The molecule has 0 bridgehead atoms. The summed E-state index contributed by atoms with van der Waals surface area (Å²) in [7, 11) is 4.41. The van der Waals surface area contributed by atoms with Crippen molar-refractivity contribution < 1.29 is 4.74 Å². The third kappa shape index (κ3) is 3.71. The van der Waals surface area contributed by atoms with E-state index in [2.05, 4.69) is 41.4 Å². The van der Waals surface area contributed by atoms with Crippen LogP contribution in [0.4, 0.5) is 5.69 Å². The summed E-state index contributed by atoms with van der Waals surface area (Å²) in [5.41, 5.74) is 1.40. The summed E-state index contributed by atoms with van der Waals surface area (Å²) in [5, 5.41) is 4.51. The third-order valence-electron chi connectivity index (χ3n) is 2.10. The van der Waals surface area contributed by atoms with E-state index in [0.717, 1.165) is 23.3 Å². The molecule has 0 amide bonds. The number of hydrogen-bond acceptors (Lipinski definition) is 2. The van der Waals surface area contributed by atoms with Crippen molar-refractivity contribution in [2.45, 2.75) is 20.8 Å². The van der Waals surface area contributed by atoms with Gasteiger partial charge in [0.05, 0.1) is 7.11 Å². The fourth-order valence-electron chi connectivity index (χ4n) is 1.24. The molecule has 1 aromatic rings. The Hall–Kier alpha value is -0.750. The highest BCUT2D eigenvalue weighted by Crippen LogP contribution is 2.20. The Morgan fingerprint density at radius 2 is 2.00 bits per heavy atom. The van der Waals surface area contributed by atoms with Crippen LogP contribution in [0.3, 0.4) is 0 Å². The summed E-state index contributed by atoms with van der Waals surface area (Å²) in [4.78, 5) is 0. The molecule has 0 saturated carbocycles. The van der Waals surface area contributed by atoms with Gasteiger partial charge in [0.1, 0.15) is 5.75 Å². The SMILES string of the molecule is COc1cccc(NCC(C)(C)C)c1P. The number of benzene rings is 1. The van der Waals surface area contributed by atoms with Crippen LogP contribution in [0.1, 0.15) is 20.8 Å². The van der Waals surface area contributed by atoms with Crippen LogP contribution in [0.5, 0.6) is 5.75 Å². The second kappa shape index (κ2) is 4.85. The summed E-state index contributed by atoms with van der Waals surface area (Å²) in [5.74, 6) is 0.902. The Morgan fingerprint density at radius 1 is 1.33 bits per heavy atom. The molecule has 1 N–H and O–H groups in total. The summed E-state index contributed by atoms with van der Waals surface area (Å²) < 4.78 is 5.26. The fraction of sp³-hybridized carbons (Fsp3) is 0.500. The van der Waals surface area contributed by atoms with Gasteiger partial charge in [0.15, 0.2) is 0 Å². The summed E-state index contributed by atoms with van der Waals surface area (Å²) in [6.07, 6.45) is 0. The highest BCUT2D eigenvalue weighted by Gasteiger charge is 2.11. The standard InChI is InChI=1S/C12H20NOP/c1-12(2,3)8-13-9-6-5-7-10(14-4)11(9)15/h5-7,13H,8,15H2,1-4H3. The first-order valence-corrected chi connectivity index (χ1v) is 5.68. The van der Waals surface area contributed by atoms with E-state index in [1.165, 1.54) is 0 Å². The van der Waals surface area contributed by atoms with Crippen LogP contribution in [-0.2, 0) is 0 Å². The van der Waals surface area contributed by atoms with E-state index >= 15 is 0 Å². The molecule has 0 aliphatic rings. The Kier molecular flexibility index (Phi) is 3.98. The molecule has 0 spiro atoms. The molecule has 2 nitrogen and oxygen atoms in total. The number of methoxy groups -OCH3 is 1. The lowest BCUT2D eigenvalue weighted by Crippen LogP contribution is -2.21. The summed E-state index contributed by atoms with van der Waals surface area (Å²) >= 11 is 0. The van der Waals surface area contributed by atoms with Gasteiger partial charge in [-0.2, -0.15) is 0 Å². The molecule has 0 aliphatic carbocycles. The monoisotopic (exact) mass is 225 g/mol. The second-order valence-corrected chi connectivity index (χ2v) is 5.41. The van der Waals surface area contributed by atoms with E-state index in [0.29, 0.717) is 0 Å². The van der Waals surface area contributed by atoms with Crippen molar-refractivity contribution in [3.05, 3.63) is 18.2 Å². The highest BCUT2D eigenvalue weighted by atomic mass is 31.0. The second-order valence-electron chi connectivity index (χ2n) is 4.84. The van der Waals surface area contributed by atoms with E-state index in [4.69, 9.17) is 4.74 Å². The summed E-state index contributed by atoms with van der Waals surface area (Å²) in [6, 6.07) is 6.03. The van der Waals surface area contributed by atoms with Gasteiger partial charge in [-0.3, -0.25) is 0 Å². The van der Waals surface area contributed by atoms with Crippen LogP contribution in [0.2, 0.25) is 0 Å². The average molecular weight is 225 g/mol. The van der Waals surface area contributed by atoms with Gasteiger partial charge in [0.2, 0.25) is 0 Å². The number of ether oxygens (including phenoxy) is 1. The molecule has 0 saturated heterocycles. The minimum absolute atomic E-state index is 0.278. The average Bonchev–Trinajstić information content (AvgIpc) is 2.15. The molecule has 0 heterocycles. The topological polar surface area (TPSA) is 21.3 Å². The van der Waals surface area contributed by atoms with Crippen LogP contribution in [0, 0.1) is 5.41 Å². The van der Waals surface area contributed by atoms with Gasteiger partial charge in [0, 0.05) is 17.5 Å². The highest BCUT2D eigenvalue weighted by molar-refractivity contribution is 7.28. The predicted molar refractivity (Wildman–Crippen MR) is 70.3 cm³/mol. The predicted octanol–water partition coefficient (Wildman–Crippen LogP) is 2.65. The zero-order valence-corrected chi connectivity index (χ0v) is 11.1. The van der Waals surface area contributed by atoms with Crippen molar-refractivity contribution in [1.29, 1.82) is 0 Å². The first-order valence-electron chi connectivity index (χ1n) is 5.10. The third-order valence-corrected chi connectivity index (χ3v) is 2.69. The van der Waals surface area contributed by atoms with Gasteiger partial charge >= 0.3 is 0 Å². The van der Waals surface area contributed by atoms with Crippen LogP contribution in [0.25, 0.3) is 0 Å². The zero-order chi connectivity index (χ0) is 11.5. The largest absolute Gasteiger partial charge is 0.496 e. The summed E-state index contributed by atoms with van der Waals surface area (Å²) in [6.45, 7) is 7.58. The van der Waals surface area contributed by atoms with Crippen molar-refractivity contribution in [2.24, 2.45) is 5.41 Å². The number of hydrogen-bond donors (Lipinski definition) is 1. The number of nitrogens with one attached hydrogen (secondary N) is 1. The quantitative estimate of drug-likeness (QED) is 0.798. The normalized spacial score (nSPS) is 11.3. The van der Waals surface area contributed by atoms with E-state index in [-0.39, 0.29) is 5.41 Å². The molecular weight excluding hydrogens is 205 g/mol. The van der Waals surface area contributed by atoms with Crippen LogP contribution in [0.15, 0.2) is 18.2 Å². The lowest BCUT2D eigenvalue weighted by atomic mass is 9.97. The van der Waals surface area contributed by atoms with Gasteiger partial charge in [0.25, 0.3) is 0 Å². The molecular formula is C12H20NOP. The Morgan fingerprint density at radius 3 is 2.53 bits per heavy atom. The number of rotatable bonds is 3. The fourth-order valence-corrected chi connectivity index (χ4v) is 1.65. The lowest BCUT2D eigenvalue weighted by Gasteiger charge is -2.21. The molecule has 3 heteroatoms. The van der Waals surface area contributed by atoms with Crippen molar-refractivity contribution in [2.75, 3.05) is 19.0 Å². The molecule has 1 aromatic carbocycles. The first kappa shape index (κ1) is 12.3. The number of anilines is 1. The minimum atomic E-state index is 0.278. The van der Waals surface area contributed by atoms with E-state index in [9.17, 15) is 0 Å². The Bertz CT molecular complexity index is 331. The molecule has 1 rings (SSSR count). The molecule has 0 aliphatic heterocycles. The molecule has 15 heavy (non-hydrogen) atoms. The maximum Gasteiger partial charge on any atom is 0.128 e. The zero-order valence-electron chi connectivity index (χ0n) is 9.92. The Balaban J connectivity index is 2.78. The van der Waals surface area contributed by atoms with Gasteiger partial charge in [-0.05, 0) is 17.5 Å². The molecule has 0 fully saturated rings.